The van der Waals surface area contributed by atoms with Crippen LogP contribution in [0.15, 0.2) is 42.5 Å². The zero-order valence-electron chi connectivity index (χ0n) is 12.4. The van der Waals surface area contributed by atoms with Crippen LogP contribution in [0, 0.1) is 20.2 Å². The maximum absolute atomic E-state index is 12.3. The van der Waals surface area contributed by atoms with E-state index in [1.807, 2.05) is 6.07 Å². The van der Waals surface area contributed by atoms with Gasteiger partial charge in [0.2, 0.25) is 0 Å². The quantitative estimate of drug-likeness (QED) is 0.653. The second kappa shape index (κ2) is 7.05. The molecule has 0 fully saturated rings. The second-order valence-corrected chi connectivity index (χ2v) is 5.33. The topological polar surface area (TPSA) is 115 Å². The van der Waals surface area contributed by atoms with E-state index in [1.165, 1.54) is 0 Å². The van der Waals surface area contributed by atoms with E-state index in [0.29, 0.717) is 0 Å². The molecule has 1 atom stereocenters. The Hall–Kier alpha value is -3.00. The monoisotopic (exact) mass is 349 g/mol. The molecule has 0 aliphatic carbocycles. The van der Waals surface area contributed by atoms with Crippen LogP contribution in [0.1, 0.15) is 28.9 Å². The van der Waals surface area contributed by atoms with E-state index in [1.54, 1.807) is 31.2 Å². The van der Waals surface area contributed by atoms with Gasteiger partial charge < -0.3 is 5.32 Å². The third-order valence-corrected chi connectivity index (χ3v) is 3.72. The molecule has 0 spiro atoms. The van der Waals surface area contributed by atoms with Crippen molar-refractivity contribution in [3.05, 3.63) is 78.8 Å². The number of hydrogen-bond acceptors (Lipinski definition) is 5. The Kier molecular flexibility index (Phi) is 5.10. The lowest BCUT2D eigenvalue weighted by atomic mass is 10.1. The van der Waals surface area contributed by atoms with Gasteiger partial charge in [-0.3, -0.25) is 25.0 Å². The van der Waals surface area contributed by atoms with Crippen LogP contribution in [0.25, 0.3) is 0 Å². The molecule has 0 aliphatic rings. The van der Waals surface area contributed by atoms with E-state index in [0.717, 1.165) is 17.7 Å². The molecule has 2 aromatic carbocycles. The van der Waals surface area contributed by atoms with Crippen molar-refractivity contribution in [3.8, 4) is 0 Å². The lowest BCUT2D eigenvalue weighted by molar-refractivity contribution is -0.393. The van der Waals surface area contributed by atoms with Crippen molar-refractivity contribution in [2.75, 3.05) is 0 Å². The van der Waals surface area contributed by atoms with E-state index in [9.17, 15) is 25.0 Å². The summed E-state index contributed by atoms with van der Waals surface area (Å²) in [6, 6.07) is 10.5. The standard InChI is InChI=1S/C15H12ClN3O5/c1-9(10-5-3-2-4-6-10)17-15(20)11-7-12(18(21)22)14(16)13(8-11)19(23)24/h2-9H,1H3,(H,17,20)/t9-/m0/s1. The SMILES string of the molecule is C[C@H](NC(=O)c1cc([N+](=O)[O-])c(Cl)c([N+](=O)[O-])c1)c1ccccc1. The summed E-state index contributed by atoms with van der Waals surface area (Å²) in [5, 5.41) is 24.0. The fourth-order valence-electron chi connectivity index (χ4n) is 2.10. The zero-order chi connectivity index (χ0) is 17.9. The van der Waals surface area contributed by atoms with E-state index >= 15 is 0 Å². The molecule has 0 unspecified atom stereocenters. The van der Waals surface area contributed by atoms with Crippen molar-refractivity contribution in [2.45, 2.75) is 13.0 Å². The number of carbonyl (C=O) groups excluding carboxylic acids is 1. The molecular weight excluding hydrogens is 338 g/mol. The first-order chi connectivity index (χ1) is 11.3. The highest BCUT2D eigenvalue weighted by molar-refractivity contribution is 6.35. The summed E-state index contributed by atoms with van der Waals surface area (Å²) >= 11 is 5.66. The van der Waals surface area contributed by atoms with E-state index in [2.05, 4.69) is 5.32 Å². The summed E-state index contributed by atoms with van der Waals surface area (Å²) in [6.07, 6.45) is 0. The number of benzene rings is 2. The van der Waals surface area contributed by atoms with Gasteiger partial charge >= 0.3 is 0 Å². The maximum atomic E-state index is 12.3. The van der Waals surface area contributed by atoms with Gasteiger partial charge in [0, 0.05) is 12.1 Å². The van der Waals surface area contributed by atoms with Crippen LogP contribution in [0.2, 0.25) is 5.02 Å². The Bertz CT molecular complexity index is 775. The van der Waals surface area contributed by atoms with Crippen molar-refractivity contribution in [1.82, 2.24) is 5.32 Å². The molecule has 0 bridgehead atoms. The summed E-state index contributed by atoms with van der Waals surface area (Å²) in [5.41, 5.74) is -0.767. The Morgan fingerprint density at radius 2 is 1.58 bits per heavy atom. The molecule has 0 saturated heterocycles. The normalized spacial score (nSPS) is 11.6. The van der Waals surface area contributed by atoms with Gasteiger partial charge in [-0.05, 0) is 12.5 Å². The molecule has 1 N–H and O–H groups in total. The third kappa shape index (κ3) is 3.66. The lowest BCUT2D eigenvalue weighted by Crippen LogP contribution is -2.26. The van der Waals surface area contributed by atoms with Crippen molar-refractivity contribution in [1.29, 1.82) is 0 Å². The van der Waals surface area contributed by atoms with Crippen molar-refractivity contribution < 1.29 is 14.6 Å². The highest BCUT2D eigenvalue weighted by atomic mass is 35.5. The Labute approximate surface area is 141 Å². The number of halogens is 1. The number of amides is 1. The minimum atomic E-state index is -0.868. The fraction of sp³-hybridized carbons (Fsp3) is 0.133. The van der Waals surface area contributed by atoms with Crippen LogP contribution in [0.3, 0.4) is 0 Å². The Morgan fingerprint density at radius 1 is 1.08 bits per heavy atom. The van der Waals surface area contributed by atoms with Gasteiger partial charge in [-0.25, -0.2) is 0 Å². The van der Waals surface area contributed by atoms with Crippen molar-refractivity contribution in [3.63, 3.8) is 0 Å². The first-order valence-electron chi connectivity index (χ1n) is 6.79. The third-order valence-electron chi connectivity index (χ3n) is 3.34. The maximum Gasteiger partial charge on any atom is 0.295 e. The van der Waals surface area contributed by atoms with Gasteiger partial charge in [-0.2, -0.15) is 0 Å². The molecule has 9 heteroatoms. The van der Waals surface area contributed by atoms with Crippen molar-refractivity contribution in [2.24, 2.45) is 0 Å². The highest BCUT2D eigenvalue weighted by Crippen LogP contribution is 2.35. The van der Waals surface area contributed by atoms with Crippen LogP contribution in [-0.2, 0) is 0 Å². The average molecular weight is 350 g/mol. The largest absolute Gasteiger partial charge is 0.346 e. The van der Waals surface area contributed by atoms with Crippen LogP contribution in [0.5, 0.6) is 0 Å². The smallest absolute Gasteiger partial charge is 0.295 e. The van der Waals surface area contributed by atoms with E-state index < -0.39 is 32.2 Å². The predicted molar refractivity (Wildman–Crippen MR) is 87.1 cm³/mol. The molecule has 2 aromatic rings. The molecule has 0 heterocycles. The van der Waals surface area contributed by atoms with Gasteiger partial charge in [-0.1, -0.05) is 41.9 Å². The zero-order valence-corrected chi connectivity index (χ0v) is 13.2. The van der Waals surface area contributed by atoms with Crippen molar-refractivity contribution >= 4 is 28.9 Å². The summed E-state index contributed by atoms with van der Waals surface area (Å²) < 4.78 is 0. The highest BCUT2D eigenvalue weighted by Gasteiger charge is 2.27. The lowest BCUT2D eigenvalue weighted by Gasteiger charge is -2.14. The Morgan fingerprint density at radius 3 is 2.04 bits per heavy atom. The minimum Gasteiger partial charge on any atom is -0.346 e. The van der Waals surface area contributed by atoms with Gasteiger partial charge in [0.1, 0.15) is 0 Å². The van der Waals surface area contributed by atoms with Crippen LogP contribution >= 0.6 is 11.6 Å². The molecule has 0 aromatic heterocycles. The molecule has 1 amide bonds. The summed E-state index contributed by atoms with van der Waals surface area (Å²) in [5.74, 6) is -0.672. The van der Waals surface area contributed by atoms with Gasteiger partial charge in [0.05, 0.1) is 21.5 Å². The van der Waals surface area contributed by atoms with Gasteiger partial charge in [-0.15, -0.1) is 0 Å². The molecule has 0 radical (unpaired) electrons. The minimum absolute atomic E-state index is 0.208. The first kappa shape index (κ1) is 17.4. The number of rotatable bonds is 5. The first-order valence-corrected chi connectivity index (χ1v) is 7.17. The van der Waals surface area contributed by atoms with E-state index in [-0.39, 0.29) is 11.6 Å². The number of nitro benzene ring substituents is 2. The molecule has 0 saturated carbocycles. The molecular formula is C15H12ClN3O5. The predicted octanol–water partition coefficient (Wildman–Crippen LogP) is 3.65. The fourth-order valence-corrected chi connectivity index (χ4v) is 2.34. The average Bonchev–Trinajstić information content (AvgIpc) is 2.55. The summed E-state index contributed by atoms with van der Waals surface area (Å²) in [7, 11) is 0. The molecule has 24 heavy (non-hydrogen) atoms. The molecule has 2 rings (SSSR count). The Balaban J connectivity index is 2.35. The molecule has 0 aliphatic heterocycles. The second-order valence-electron chi connectivity index (χ2n) is 4.95. The van der Waals surface area contributed by atoms with E-state index in [4.69, 9.17) is 11.6 Å². The number of carbonyl (C=O) groups is 1. The number of nitro groups is 2. The number of nitrogens with zero attached hydrogens (tertiary/aromatic N) is 2. The number of nitrogens with one attached hydrogen (secondary N) is 1. The van der Waals surface area contributed by atoms with Crippen LogP contribution < -0.4 is 5.32 Å². The summed E-state index contributed by atoms with van der Waals surface area (Å²) in [4.78, 5) is 32.5. The molecule has 124 valence electrons. The number of hydrogen-bond donors (Lipinski definition) is 1. The molecule has 8 nitrogen and oxygen atoms in total. The van der Waals surface area contributed by atoms with Crippen LogP contribution in [0.4, 0.5) is 11.4 Å². The van der Waals surface area contributed by atoms with Gasteiger partial charge in [0.15, 0.2) is 5.02 Å². The van der Waals surface area contributed by atoms with Crippen LogP contribution in [-0.4, -0.2) is 15.8 Å². The van der Waals surface area contributed by atoms with Gasteiger partial charge in [0.25, 0.3) is 17.3 Å². The summed E-state index contributed by atoms with van der Waals surface area (Å²) in [6.45, 7) is 1.73.